The lowest BCUT2D eigenvalue weighted by atomic mass is 10.1. The van der Waals surface area contributed by atoms with Gasteiger partial charge in [0, 0.05) is 20.4 Å². The van der Waals surface area contributed by atoms with E-state index >= 15 is 0 Å². The Hall–Kier alpha value is -1.18. The van der Waals surface area contributed by atoms with Crippen molar-refractivity contribution in [1.29, 1.82) is 0 Å². The summed E-state index contributed by atoms with van der Waals surface area (Å²) >= 11 is 3.48. The topological polar surface area (TPSA) is 70.9 Å². The first-order valence-corrected chi connectivity index (χ1v) is 6.36. The standard InChI is InChI=1S/C11H16BrN5O/c1-16-6-9(14-7-16)10(13)11-8(12)5-15-17(11)3-4-18-2/h5-7,10H,3-4,13H2,1-2H3. The van der Waals surface area contributed by atoms with E-state index in [0.717, 1.165) is 15.9 Å². The third kappa shape index (κ3) is 2.63. The van der Waals surface area contributed by atoms with Gasteiger partial charge in [0.05, 0.1) is 47.6 Å². The second-order valence-corrected chi connectivity index (χ2v) is 4.89. The molecule has 0 fully saturated rings. The Balaban J connectivity index is 2.28. The Morgan fingerprint density at radius 1 is 1.56 bits per heavy atom. The number of hydrogen-bond donors (Lipinski definition) is 1. The van der Waals surface area contributed by atoms with Crippen molar-refractivity contribution in [1.82, 2.24) is 19.3 Å². The predicted octanol–water partition coefficient (Wildman–Crippen LogP) is 1.07. The first-order valence-electron chi connectivity index (χ1n) is 5.57. The molecule has 1 unspecified atom stereocenters. The summed E-state index contributed by atoms with van der Waals surface area (Å²) in [5, 5.41) is 4.28. The van der Waals surface area contributed by atoms with Gasteiger partial charge in [0.25, 0.3) is 0 Å². The summed E-state index contributed by atoms with van der Waals surface area (Å²) in [6, 6.07) is -0.306. The number of hydrogen-bond acceptors (Lipinski definition) is 4. The van der Waals surface area contributed by atoms with Crippen LogP contribution in [-0.2, 0) is 18.3 Å². The van der Waals surface area contributed by atoms with Crippen molar-refractivity contribution < 1.29 is 4.74 Å². The van der Waals surface area contributed by atoms with Gasteiger partial charge in [-0.3, -0.25) is 4.68 Å². The molecular weight excluding hydrogens is 298 g/mol. The number of aryl methyl sites for hydroxylation is 1. The molecular formula is C11H16BrN5O. The lowest BCUT2D eigenvalue weighted by Gasteiger charge is -2.13. The van der Waals surface area contributed by atoms with Gasteiger partial charge in [-0.2, -0.15) is 5.10 Å². The third-order valence-electron chi connectivity index (χ3n) is 2.68. The number of ether oxygens (including phenoxy) is 1. The van der Waals surface area contributed by atoms with E-state index in [4.69, 9.17) is 10.5 Å². The van der Waals surface area contributed by atoms with Crippen LogP contribution in [-0.4, -0.2) is 33.0 Å². The summed E-state index contributed by atoms with van der Waals surface area (Å²) in [6.07, 6.45) is 5.39. The molecule has 2 rings (SSSR count). The normalized spacial score (nSPS) is 12.9. The van der Waals surface area contributed by atoms with Crippen LogP contribution in [0.5, 0.6) is 0 Å². The molecule has 0 saturated heterocycles. The zero-order chi connectivity index (χ0) is 13.1. The molecule has 0 spiro atoms. The third-order valence-corrected chi connectivity index (χ3v) is 3.29. The lowest BCUT2D eigenvalue weighted by Crippen LogP contribution is -2.19. The van der Waals surface area contributed by atoms with Gasteiger partial charge >= 0.3 is 0 Å². The Labute approximate surface area is 114 Å². The Morgan fingerprint density at radius 3 is 2.94 bits per heavy atom. The fourth-order valence-electron chi connectivity index (χ4n) is 1.77. The molecule has 2 N–H and O–H groups in total. The summed E-state index contributed by atoms with van der Waals surface area (Å²) < 4.78 is 9.66. The smallest absolute Gasteiger partial charge is 0.0947 e. The minimum Gasteiger partial charge on any atom is -0.383 e. The molecule has 0 radical (unpaired) electrons. The number of methoxy groups -OCH3 is 1. The SMILES string of the molecule is COCCn1ncc(Br)c1C(N)c1cn(C)cn1. The molecule has 2 aromatic rings. The molecule has 0 aliphatic rings. The Bertz CT molecular complexity index is 521. The number of nitrogens with zero attached hydrogens (tertiary/aromatic N) is 4. The van der Waals surface area contributed by atoms with Gasteiger partial charge in [-0.15, -0.1) is 0 Å². The summed E-state index contributed by atoms with van der Waals surface area (Å²) in [5.41, 5.74) is 7.97. The maximum Gasteiger partial charge on any atom is 0.0947 e. The highest BCUT2D eigenvalue weighted by Gasteiger charge is 2.20. The van der Waals surface area contributed by atoms with E-state index in [1.165, 1.54) is 0 Å². The van der Waals surface area contributed by atoms with Crippen molar-refractivity contribution in [3.63, 3.8) is 0 Å². The highest BCUT2D eigenvalue weighted by molar-refractivity contribution is 9.10. The van der Waals surface area contributed by atoms with Crippen LogP contribution in [0, 0.1) is 0 Å². The van der Waals surface area contributed by atoms with Crippen LogP contribution in [0.3, 0.4) is 0 Å². The van der Waals surface area contributed by atoms with E-state index in [0.29, 0.717) is 13.2 Å². The van der Waals surface area contributed by atoms with Crippen molar-refractivity contribution in [2.75, 3.05) is 13.7 Å². The monoisotopic (exact) mass is 313 g/mol. The van der Waals surface area contributed by atoms with Crippen molar-refractivity contribution in [3.05, 3.63) is 34.6 Å². The predicted molar refractivity (Wildman–Crippen MR) is 71.0 cm³/mol. The first kappa shape index (κ1) is 13.3. The van der Waals surface area contributed by atoms with Gasteiger partial charge in [0.15, 0.2) is 0 Å². The van der Waals surface area contributed by atoms with Crippen LogP contribution in [0.2, 0.25) is 0 Å². The summed E-state index contributed by atoms with van der Waals surface area (Å²) in [6.45, 7) is 1.26. The largest absolute Gasteiger partial charge is 0.383 e. The van der Waals surface area contributed by atoms with Crippen molar-refractivity contribution in [3.8, 4) is 0 Å². The average Bonchev–Trinajstić information content (AvgIpc) is 2.92. The van der Waals surface area contributed by atoms with Gasteiger partial charge in [0.1, 0.15) is 0 Å². The number of nitrogens with two attached hydrogens (primary N) is 1. The van der Waals surface area contributed by atoms with Gasteiger partial charge in [-0.05, 0) is 15.9 Å². The minimum absolute atomic E-state index is 0.306. The number of aromatic nitrogens is 4. The molecule has 0 bridgehead atoms. The van der Waals surface area contributed by atoms with Gasteiger partial charge < -0.3 is 15.0 Å². The second kappa shape index (κ2) is 5.64. The van der Waals surface area contributed by atoms with Crippen LogP contribution in [0.4, 0.5) is 0 Å². The molecule has 0 aliphatic carbocycles. The lowest BCUT2D eigenvalue weighted by molar-refractivity contribution is 0.182. The highest BCUT2D eigenvalue weighted by Crippen LogP contribution is 2.25. The number of imidazole rings is 1. The molecule has 6 nitrogen and oxygen atoms in total. The number of rotatable bonds is 5. The maximum absolute atomic E-state index is 6.24. The second-order valence-electron chi connectivity index (χ2n) is 4.04. The van der Waals surface area contributed by atoms with Crippen molar-refractivity contribution in [2.45, 2.75) is 12.6 Å². The Kier molecular flexibility index (Phi) is 4.15. The molecule has 0 aromatic carbocycles. The van der Waals surface area contributed by atoms with Crippen LogP contribution in [0.25, 0.3) is 0 Å². The summed E-state index contributed by atoms with van der Waals surface area (Å²) in [7, 11) is 3.58. The van der Waals surface area contributed by atoms with Gasteiger partial charge in [0.2, 0.25) is 0 Å². The van der Waals surface area contributed by atoms with E-state index in [2.05, 4.69) is 26.0 Å². The maximum atomic E-state index is 6.24. The molecule has 98 valence electrons. The zero-order valence-electron chi connectivity index (χ0n) is 10.4. The molecule has 2 heterocycles. The molecule has 0 aliphatic heterocycles. The molecule has 18 heavy (non-hydrogen) atoms. The van der Waals surface area contributed by atoms with Gasteiger partial charge in [-0.25, -0.2) is 4.98 Å². The molecule has 7 heteroatoms. The molecule has 1 atom stereocenters. The minimum atomic E-state index is -0.306. The average molecular weight is 314 g/mol. The molecule has 0 saturated carbocycles. The molecule has 0 amide bonds. The summed E-state index contributed by atoms with van der Waals surface area (Å²) in [4.78, 5) is 4.28. The van der Waals surface area contributed by atoms with Gasteiger partial charge in [-0.1, -0.05) is 0 Å². The fraction of sp³-hybridized carbons (Fsp3) is 0.455. The summed E-state index contributed by atoms with van der Waals surface area (Å²) in [5.74, 6) is 0. The van der Waals surface area contributed by atoms with Crippen LogP contribution in [0.1, 0.15) is 17.4 Å². The van der Waals surface area contributed by atoms with E-state index in [1.54, 1.807) is 19.6 Å². The van der Waals surface area contributed by atoms with E-state index < -0.39 is 0 Å². The fourth-order valence-corrected chi connectivity index (χ4v) is 2.31. The quantitative estimate of drug-likeness (QED) is 0.896. The highest BCUT2D eigenvalue weighted by atomic mass is 79.9. The van der Waals surface area contributed by atoms with Crippen LogP contribution < -0.4 is 5.73 Å². The number of halogens is 1. The Morgan fingerprint density at radius 2 is 2.33 bits per heavy atom. The molecule has 2 aromatic heterocycles. The van der Waals surface area contributed by atoms with Crippen LogP contribution in [0.15, 0.2) is 23.2 Å². The zero-order valence-corrected chi connectivity index (χ0v) is 12.0. The van der Waals surface area contributed by atoms with E-state index in [1.807, 2.05) is 22.5 Å². The first-order chi connectivity index (χ1) is 8.63. The van der Waals surface area contributed by atoms with Crippen LogP contribution >= 0.6 is 15.9 Å². The van der Waals surface area contributed by atoms with Crippen molar-refractivity contribution in [2.24, 2.45) is 12.8 Å². The van der Waals surface area contributed by atoms with E-state index in [9.17, 15) is 0 Å². The van der Waals surface area contributed by atoms with Crippen molar-refractivity contribution >= 4 is 15.9 Å². The van der Waals surface area contributed by atoms with E-state index in [-0.39, 0.29) is 6.04 Å².